The highest BCUT2D eigenvalue weighted by molar-refractivity contribution is 6.01. The molecule has 9 heteroatoms. The van der Waals surface area contributed by atoms with Gasteiger partial charge in [-0.2, -0.15) is 0 Å². The standard InChI is InChI=1S/C16H18N2O7/c1-9(2)13(19)17(15(21)22)7-11-5-6-12(25-11)8-18(16(23)24)14(20)10(3)4/h5-6H,1,3,7-8H2,2,4H3,(H,21,22)(H,23,24). The topological polar surface area (TPSA) is 128 Å². The summed E-state index contributed by atoms with van der Waals surface area (Å²) in [4.78, 5) is 46.9. The summed E-state index contributed by atoms with van der Waals surface area (Å²) in [6, 6.07) is 2.78. The van der Waals surface area contributed by atoms with Gasteiger partial charge in [0, 0.05) is 11.1 Å². The molecule has 0 fully saturated rings. The fraction of sp³-hybridized carbons (Fsp3) is 0.250. The second-order valence-electron chi connectivity index (χ2n) is 5.28. The van der Waals surface area contributed by atoms with E-state index >= 15 is 0 Å². The Morgan fingerprint density at radius 3 is 1.44 bits per heavy atom. The molecule has 0 aliphatic heterocycles. The first-order chi connectivity index (χ1) is 11.5. The van der Waals surface area contributed by atoms with Crippen molar-refractivity contribution in [2.75, 3.05) is 0 Å². The van der Waals surface area contributed by atoms with Crippen LogP contribution < -0.4 is 0 Å². The summed E-state index contributed by atoms with van der Waals surface area (Å²) in [5, 5.41) is 18.2. The number of carboxylic acid groups (broad SMARTS) is 2. The fourth-order valence-corrected chi connectivity index (χ4v) is 1.82. The number of amides is 4. The maximum atomic E-state index is 11.8. The Morgan fingerprint density at radius 1 is 0.880 bits per heavy atom. The maximum absolute atomic E-state index is 11.8. The Balaban J connectivity index is 2.94. The van der Waals surface area contributed by atoms with E-state index < -0.39 is 24.0 Å². The van der Waals surface area contributed by atoms with Crippen LogP contribution in [0.3, 0.4) is 0 Å². The van der Waals surface area contributed by atoms with Crippen LogP contribution in [0.15, 0.2) is 40.9 Å². The van der Waals surface area contributed by atoms with Crippen molar-refractivity contribution in [1.82, 2.24) is 9.80 Å². The lowest BCUT2D eigenvalue weighted by molar-refractivity contribution is -0.126. The SMILES string of the molecule is C=C(C)C(=O)N(Cc1ccc(CN(C(=O)O)C(=O)C(=C)C)o1)C(=O)O. The van der Waals surface area contributed by atoms with Crippen molar-refractivity contribution in [3.05, 3.63) is 48.0 Å². The molecule has 0 unspecified atom stereocenters. The van der Waals surface area contributed by atoms with Crippen LogP contribution in [0.25, 0.3) is 0 Å². The molecule has 0 saturated carbocycles. The zero-order valence-electron chi connectivity index (χ0n) is 13.8. The number of rotatable bonds is 6. The van der Waals surface area contributed by atoms with Crippen LogP contribution in [0.5, 0.6) is 0 Å². The third kappa shape index (κ3) is 5.06. The van der Waals surface area contributed by atoms with E-state index in [1.54, 1.807) is 0 Å². The van der Waals surface area contributed by atoms with Crippen molar-refractivity contribution in [3.8, 4) is 0 Å². The zero-order chi connectivity index (χ0) is 19.3. The Bertz CT molecular complexity index is 687. The van der Waals surface area contributed by atoms with Gasteiger partial charge in [0.25, 0.3) is 11.8 Å². The van der Waals surface area contributed by atoms with Crippen LogP contribution in [0, 0.1) is 0 Å². The Morgan fingerprint density at radius 2 is 1.20 bits per heavy atom. The molecule has 134 valence electrons. The van der Waals surface area contributed by atoms with Gasteiger partial charge in [-0.25, -0.2) is 19.4 Å². The lowest BCUT2D eigenvalue weighted by Gasteiger charge is -2.16. The second kappa shape index (κ2) is 7.95. The Hall–Kier alpha value is -3.36. The van der Waals surface area contributed by atoms with Crippen molar-refractivity contribution >= 4 is 24.0 Å². The number of nitrogens with zero attached hydrogens (tertiary/aromatic N) is 2. The molecule has 1 heterocycles. The molecule has 0 aliphatic rings. The van der Waals surface area contributed by atoms with Gasteiger partial charge in [-0.3, -0.25) is 9.59 Å². The minimum atomic E-state index is -1.48. The number of hydrogen-bond acceptors (Lipinski definition) is 5. The smallest absolute Gasteiger partial charge is 0.414 e. The molecule has 0 aliphatic carbocycles. The quantitative estimate of drug-likeness (QED) is 0.754. The van der Waals surface area contributed by atoms with Crippen LogP contribution in [0.2, 0.25) is 0 Å². The van der Waals surface area contributed by atoms with E-state index in [1.165, 1.54) is 26.0 Å². The van der Waals surface area contributed by atoms with Gasteiger partial charge < -0.3 is 14.6 Å². The minimum absolute atomic E-state index is 0.0401. The van der Waals surface area contributed by atoms with E-state index in [9.17, 15) is 19.2 Å². The summed E-state index contributed by atoms with van der Waals surface area (Å²) in [6.45, 7) is 8.80. The number of carbonyl (C=O) groups is 4. The molecule has 2 N–H and O–H groups in total. The number of furan rings is 1. The molecular weight excluding hydrogens is 332 g/mol. The first-order valence-corrected chi connectivity index (χ1v) is 7.02. The van der Waals surface area contributed by atoms with Gasteiger partial charge in [-0.05, 0) is 26.0 Å². The molecule has 1 aromatic rings. The van der Waals surface area contributed by atoms with Gasteiger partial charge in [0.2, 0.25) is 0 Å². The molecule has 0 saturated heterocycles. The molecule has 0 radical (unpaired) electrons. The van der Waals surface area contributed by atoms with Crippen molar-refractivity contribution < 1.29 is 33.8 Å². The molecule has 4 amide bonds. The summed E-state index contributed by atoms with van der Waals surface area (Å²) < 4.78 is 5.33. The van der Waals surface area contributed by atoms with Gasteiger partial charge in [-0.15, -0.1) is 0 Å². The highest BCUT2D eigenvalue weighted by Crippen LogP contribution is 2.15. The third-order valence-corrected chi connectivity index (χ3v) is 3.03. The lowest BCUT2D eigenvalue weighted by atomic mass is 10.3. The van der Waals surface area contributed by atoms with E-state index in [0.29, 0.717) is 9.80 Å². The minimum Gasteiger partial charge on any atom is -0.465 e. The average Bonchev–Trinajstić information content (AvgIpc) is 2.95. The molecule has 0 atom stereocenters. The van der Waals surface area contributed by atoms with Crippen LogP contribution in [0.1, 0.15) is 25.4 Å². The molecular formula is C16H18N2O7. The van der Waals surface area contributed by atoms with Gasteiger partial charge in [0.1, 0.15) is 11.5 Å². The normalized spacial score (nSPS) is 10.0. The van der Waals surface area contributed by atoms with Crippen molar-refractivity contribution in [3.63, 3.8) is 0 Å². The highest BCUT2D eigenvalue weighted by Gasteiger charge is 2.25. The first kappa shape index (κ1) is 19.7. The van der Waals surface area contributed by atoms with Crippen molar-refractivity contribution in [2.45, 2.75) is 26.9 Å². The van der Waals surface area contributed by atoms with Crippen molar-refractivity contribution in [2.24, 2.45) is 0 Å². The summed E-state index contributed by atoms with van der Waals surface area (Å²) in [5.41, 5.74) is 0.0802. The summed E-state index contributed by atoms with van der Waals surface area (Å²) in [6.07, 6.45) is -2.95. The summed E-state index contributed by atoms with van der Waals surface area (Å²) in [7, 11) is 0. The van der Waals surface area contributed by atoms with E-state index in [2.05, 4.69) is 13.2 Å². The highest BCUT2D eigenvalue weighted by atomic mass is 16.4. The van der Waals surface area contributed by atoms with E-state index in [-0.39, 0.29) is 35.8 Å². The van der Waals surface area contributed by atoms with Gasteiger partial charge in [0.15, 0.2) is 0 Å². The van der Waals surface area contributed by atoms with Gasteiger partial charge >= 0.3 is 12.2 Å². The number of carbonyl (C=O) groups excluding carboxylic acids is 2. The van der Waals surface area contributed by atoms with E-state index in [1.807, 2.05) is 0 Å². The Kier molecular flexibility index (Phi) is 6.26. The second-order valence-corrected chi connectivity index (χ2v) is 5.28. The molecule has 0 aromatic carbocycles. The maximum Gasteiger partial charge on any atom is 0.414 e. The lowest BCUT2D eigenvalue weighted by Crippen LogP contribution is -2.35. The Labute approximate surface area is 143 Å². The molecule has 0 spiro atoms. The number of imide groups is 2. The molecule has 1 aromatic heterocycles. The molecule has 0 bridgehead atoms. The average molecular weight is 350 g/mol. The van der Waals surface area contributed by atoms with Crippen LogP contribution in [-0.4, -0.2) is 44.0 Å². The molecule has 1 rings (SSSR count). The monoisotopic (exact) mass is 350 g/mol. The van der Waals surface area contributed by atoms with Gasteiger partial charge in [-0.1, -0.05) is 13.2 Å². The molecule has 9 nitrogen and oxygen atoms in total. The van der Waals surface area contributed by atoms with Crippen molar-refractivity contribution in [1.29, 1.82) is 0 Å². The van der Waals surface area contributed by atoms with Crippen LogP contribution in [0.4, 0.5) is 9.59 Å². The largest absolute Gasteiger partial charge is 0.465 e. The first-order valence-electron chi connectivity index (χ1n) is 7.02. The van der Waals surface area contributed by atoms with Crippen LogP contribution in [-0.2, 0) is 22.7 Å². The zero-order valence-corrected chi connectivity index (χ0v) is 13.8. The summed E-state index contributed by atoms with van der Waals surface area (Å²) >= 11 is 0. The van der Waals surface area contributed by atoms with Gasteiger partial charge in [0.05, 0.1) is 13.1 Å². The van der Waals surface area contributed by atoms with E-state index in [0.717, 1.165) is 0 Å². The predicted molar refractivity (Wildman–Crippen MR) is 85.5 cm³/mol. The van der Waals surface area contributed by atoms with E-state index in [4.69, 9.17) is 14.6 Å². The summed E-state index contributed by atoms with van der Waals surface area (Å²) in [5.74, 6) is -1.34. The fourth-order valence-electron chi connectivity index (χ4n) is 1.82. The third-order valence-electron chi connectivity index (χ3n) is 3.03. The van der Waals surface area contributed by atoms with Crippen LogP contribution >= 0.6 is 0 Å². The number of hydrogen-bond donors (Lipinski definition) is 2. The predicted octanol–water partition coefficient (Wildman–Crippen LogP) is 2.45. The molecule has 25 heavy (non-hydrogen) atoms.